The van der Waals surface area contributed by atoms with Crippen LogP contribution in [0.5, 0.6) is 5.75 Å². The van der Waals surface area contributed by atoms with Gasteiger partial charge in [0.1, 0.15) is 11.4 Å². The normalized spacial score (nSPS) is 17.6. The van der Waals surface area contributed by atoms with Crippen LogP contribution in [-0.4, -0.2) is 47.1 Å². The molecule has 34 heavy (non-hydrogen) atoms. The van der Waals surface area contributed by atoms with Crippen molar-refractivity contribution in [3.63, 3.8) is 0 Å². The minimum atomic E-state index is -0.737. The number of hydrogen-bond donors (Lipinski definition) is 3. The number of carboxylic acids is 1. The summed E-state index contributed by atoms with van der Waals surface area (Å²) in [5.74, 6) is -0.894. The molecular weight excluding hydrogens is 434 g/mol. The van der Waals surface area contributed by atoms with Gasteiger partial charge in [0, 0.05) is 30.2 Å². The molecule has 1 aromatic heterocycles. The van der Waals surface area contributed by atoms with Gasteiger partial charge >= 0.3 is 5.97 Å². The van der Waals surface area contributed by atoms with Crippen LogP contribution in [0.1, 0.15) is 46.5 Å². The molecule has 0 atom stereocenters. The van der Waals surface area contributed by atoms with E-state index in [2.05, 4.69) is 15.6 Å². The highest BCUT2D eigenvalue weighted by atomic mass is 16.5. The third-order valence-corrected chi connectivity index (χ3v) is 6.00. The Kier molecular flexibility index (Phi) is 7.37. The minimum absolute atomic E-state index is 0.00372. The summed E-state index contributed by atoms with van der Waals surface area (Å²) in [6.07, 6.45) is 4.32. The summed E-state index contributed by atoms with van der Waals surface area (Å²) < 4.78 is 5.93. The molecule has 0 saturated heterocycles. The summed E-state index contributed by atoms with van der Waals surface area (Å²) >= 11 is 0. The molecular formula is C26H27N3O5. The summed E-state index contributed by atoms with van der Waals surface area (Å²) in [6.45, 7) is 0.558. The number of pyridine rings is 1. The molecule has 0 bridgehead atoms. The van der Waals surface area contributed by atoms with Crippen molar-refractivity contribution in [1.82, 2.24) is 15.6 Å². The third kappa shape index (κ3) is 5.89. The van der Waals surface area contributed by atoms with Crippen molar-refractivity contribution < 1.29 is 24.2 Å². The van der Waals surface area contributed by atoms with Crippen LogP contribution < -0.4 is 15.4 Å². The number of ether oxygens (including phenoxy) is 1. The lowest BCUT2D eigenvalue weighted by atomic mass is 9.87. The first kappa shape index (κ1) is 23.2. The lowest BCUT2D eigenvalue weighted by Gasteiger charge is -2.26. The van der Waals surface area contributed by atoms with Crippen molar-refractivity contribution in [2.24, 2.45) is 5.92 Å². The molecule has 2 amide bonds. The molecule has 2 aromatic carbocycles. The smallest absolute Gasteiger partial charge is 0.306 e. The zero-order chi connectivity index (χ0) is 23.9. The molecule has 1 fully saturated rings. The maximum Gasteiger partial charge on any atom is 0.306 e. The maximum atomic E-state index is 12.4. The Morgan fingerprint density at radius 3 is 2.21 bits per heavy atom. The molecule has 0 aliphatic heterocycles. The number of carbonyl (C=O) groups excluding carboxylic acids is 2. The average Bonchev–Trinajstić information content (AvgIpc) is 2.87. The molecule has 8 heteroatoms. The van der Waals surface area contributed by atoms with E-state index in [1.54, 1.807) is 36.5 Å². The lowest BCUT2D eigenvalue weighted by Crippen LogP contribution is -2.35. The van der Waals surface area contributed by atoms with Gasteiger partial charge in [0.25, 0.3) is 11.8 Å². The second kappa shape index (κ2) is 10.8. The van der Waals surface area contributed by atoms with E-state index < -0.39 is 5.97 Å². The fourth-order valence-electron chi connectivity index (χ4n) is 4.06. The first-order valence-corrected chi connectivity index (χ1v) is 11.4. The summed E-state index contributed by atoms with van der Waals surface area (Å²) in [7, 11) is 0. The summed E-state index contributed by atoms with van der Waals surface area (Å²) in [4.78, 5) is 39.9. The summed E-state index contributed by atoms with van der Waals surface area (Å²) in [5.41, 5.74) is 0.821. The third-order valence-electron chi connectivity index (χ3n) is 6.00. The zero-order valence-corrected chi connectivity index (χ0v) is 18.7. The topological polar surface area (TPSA) is 118 Å². The first-order chi connectivity index (χ1) is 16.5. The Morgan fingerprint density at radius 1 is 0.882 bits per heavy atom. The van der Waals surface area contributed by atoms with Crippen molar-refractivity contribution in [2.75, 3.05) is 13.1 Å². The SMILES string of the molecule is O=C(NCCNC(=O)c1cc2ccccc2cn1)c1ccc(OC2CCC(C(=O)O)CC2)cc1. The van der Waals surface area contributed by atoms with E-state index in [-0.39, 0.29) is 36.9 Å². The maximum absolute atomic E-state index is 12.4. The van der Waals surface area contributed by atoms with E-state index in [0.29, 0.717) is 42.7 Å². The number of nitrogens with one attached hydrogen (secondary N) is 2. The van der Waals surface area contributed by atoms with Gasteiger partial charge in [-0.1, -0.05) is 24.3 Å². The standard InChI is InChI=1S/C26H27N3O5/c30-24(17-5-9-21(10-6-17)34-22-11-7-18(8-12-22)26(32)33)27-13-14-28-25(31)23-15-19-3-1-2-4-20(19)16-29-23/h1-6,9-10,15-16,18,22H,7-8,11-14H2,(H,27,30)(H,28,31)(H,32,33). The van der Waals surface area contributed by atoms with E-state index >= 15 is 0 Å². The Balaban J connectivity index is 1.19. The molecule has 8 nitrogen and oxygen atoms in total. The number of aliphatic carboxylic acids is 1. The zero-order valence-electron chi connectivity index (χ0n) is 18.7. The number of amides is 2. The van der Waals surface area contributed by atoms with Gasteiger partial charge in [-0.15, -0.1) is 0 Å². The molecule has 0 unspecified atom stereocenters. The molecule has 176 valence electrons. The molecule has 1 aliphatic rings. The van der Waals surface area contributed by atoms with E-state index in [9.17, 15) is 14.4 Å². The molecule has 3 N–H and O–H groups in total. The van der Waals surface area contributed by atoms with Crippen LogP contribution in [0.4, 0.5) is 0 Å². The number of hydrogen-bond acceptors (Lipinski definition) is 5. The van der Waals surface area contributed by atoms with Crippen LogP contribution in [0.3, 0.4) is 0 Å². The monoisotopic (exact) mass is 461 g/mol. The Hall–Kier alpha value is -3.94. The van der Waals surface area contributed by atoms with Crippen LogP contribution in [0.15, 0.2) is 60.8 Å². The van der Waals surface area contributed by atoms with E-state index in [1.807, 2.05) is 24.3 Å². The number of aromatic nitrogens is 1. The predicted molar refractivity (Wildman–Crippen MR) is 127 cm³/mol. The van der Waals surface area contributed by atoms with Crippen LogP contribution in [-0.2, 0) is 4.79 Å². The average molecular weight is 462 g/mol. The van der Waals surface area contributed by atoms with Gasteiger partial charge in [-0.3, -0.25) is 19.4 Å². The lowest BCUT2D eigenvalue weighted by molar-refractivity contribution is -0.143. The van der Waals surface area contributed by atoms with Gasteiger partial charge in [-0.25, -0.2) is 0 Å². The fourth-order valence-corrected chi connectivity index (χ4v) is 4.06. The van der Waals surface area contributed by atoms with Gasteiger partial charge in [0.2, 0.25) is 0 Å². The second-order valence-electron chi connectivity index (χ2n) is 8.38. The van der Waals surface area contributed by atoms with Gasteiger partial charge in [0.15, 0.2) is 0 Å². The molecule has 3 aromatic rings. The van der Waals surface area contributed by atoms with Crippen molar-refractivity contribution in [3.05, 3.63) is 72.1 Å². The number of carbonyl (C=O) groups is 3. The number of carboxylic acid groups (broad SMARTS) is 1. The minimum Gasteiger partial charge on any atom is -0.490 e. The number of rotatable bonds is 8. The predicted octanol–water partition coefficient (Wildman–Crippen LogP) is 3.42. The van der Waals surface area contributed by atoms with E-state index in [0.717, 1.165) is 10.8 Å². The molecule has 0 spiro atoms. The van der Waals surface area contributed by atoms with Crippen LogP contribution in [0.25, 0.3) is 10.8 Å². The number of fused-ring (bicyclic) bond motifs is 1. The molecule has 0 radical (unpaired) electrons. The highest BCUT2D eigenvalue weighted by Crippen LogP contribution is 2.28. The highest BCUT2D eigenvalue weighted by molar-refractivity contribution is 5.96. The van der Waals surface area contributed by atoms with Gasteiger partial charge in [0.05, 0.1) is 12.0 Å². The Bertz CT molecular complexity index is 1170. The molecule has 1 heterocycles. The van der Waals surface area contributed by atoms with E-state index in [4.69, 9.17) is 9.84 Å². The highest BCUT2D eigenvalue weighted by Gasteiger charge is 2.26. The largest absolute Gasteiger partial charge is 0.490 e. The molecule has 1 aliphatic carbocycles. The van der Waals surface area contributed by atoms with Crippen molar-refractivity contribution in [2.45, 2.75) is 31.8 Å². The number of benzene rings is 2. The van der Waals surface area contributed by atoms with Crippen molar-refractivity contribution in [1.29, 1.82) is 0 Å². The quantitative estimate of drug-likeness (QED) is 0.443. The summed E-state index contributed by atoms with van der Waals surface area (Å²) in [6, 6.07) is 16.3. The Labute approximate surface area is 197 Å². The fraction of sp³-hybridized carbons (Fsp3) is 0.308. The second-order valence-corrected chi connectivity index (χ2v) is 8.38. The van der Waals surface area contributed by atoms with Crippen LogP contribution >= 0.6 is 0 Å². The van der Waals surface area contributed by atoms with Crippen LogP contribution in [0, 0.1) is 5.92 Å². The van der Waals surface area contributed by atoms with Gasteiger partial charge < -0.3 is 20.5 Å². The summed E-state index contributed by atoms with van der Waals surface area (Å²) in [5, 5.41) is 16.5. The Morgan fingerprint density at radius 2 is 1.53 bits per heavy atom. The molecule has 4 rings (SSSR count). The van der Waals surface area contributed by atoms with Gasteiger partial charge in [-0.05, 0) is 61.4 Å². The van der Waals surface area contributed by atoms with Gasteiger partial charge in [-0.2, -0.15) is 0 Å². The van der Waals surface area contributed by atoms with Crippen molar-refractivity contribution in [3.8, 4) is 5.75 Å². The molecule has 1 saturated carbocycles. The first-order valence-electron chi connectivity index (χ1n) is 11.4. The van der Waals surface area contributed by atoms with Crippen LogP contribution in [0.2, 0.25) is 0 Å². The van der Waals surface area contributed by atoms with E-state index in [1.165, 1.54) is 0 Å². The van der Waals surface area contributed by atoms with Crippen molar-refractivity contribution >= 4 is 28.6 Å². The number of nitrogens with zero attached hydrogens (tertiary/aromatic N) is 1.